The molecule has 1 amide bonds. The van der Waals surface area contributed by atoms with Gasteiger partial charge in [0, 0.05) is 10.0 Å². The largest absolute Gasteiger partial charge is 0.490 e. The minimum atomic E-state index is -0.401. The van der Waals surface area contributed by atoms with Crippen LogP contribution in [0.2, 0.25) is 5.02 Å². The Bertz CT molecular complexity index is 1480. The fraction of sp³-hybridized carbons (Fsp3) is 0.188. The molecule has 9 heteroatoms. The van der Waals surface area contributed by atoms with Gasteiger partial charge in [0.1, 0.15) is 13.2 Å². The summed E-state index contributed by atoms with van der Waals surface area (Å²) >= 11 is 9.97. The second-order valence-corrected chi connectivity index (χ2v) is 10.1. The lowest BCUT2D eigenvalue weighted by molar-refractivity contribution is 0.0954. The van der Waals surface area contributed by atoms with E-state index in [0.717, 1.165) is 15.6 Å². The van der Waals surface area contributed by atoms with E-state index in [-0.39, 0.29) is 0 Å². The van der Waals surface area contributed by atoms with Gasteiger partial charge in [0.15, 0.2) is 23.0 Å². The summed E-state index contributed by atoms with van der Waals surface area (Å²) in [5.74, 6) is 1.55. The predicted molar refractivity (Wildman–Crippen MR) is 165 cm³/mol. The Morgan fingerprint density at radius 2 is 1.49 bits per heavy atom. The molecule has 0 radical (unpaired) electrons. The van der Waals surface area contributed by atoms with Crippen molar-refractivity contribution in [3.63, 3.8) is 0 Å². The Kier molecular flexibility index (Phi) is 11.0. The summed E-state index contributed by atoms with van der Waals surface area (Å²) in [5, 5.41) is 4.48. The van der Waals surface area contributed by atoms with E-state index in [1.54, 1.807) is 30.3 Å². The van der Waals surface area contributed by atoms with Crippen LogP contribution >= 0.6 is 27.5 Å². The van der Waals surface area contributed by atoms with Crippen LogP contribution in [0.3, 0.4) is 0 Å². The second kappa shape index (κ2) is 15.1. The van der Waals surface area contributed by atoms with Gasteiger partial charge in [0.25, 0.3) is 5.91 Å². The molecule has 212 valence electrons. The van der Waals surface area contributed by atoms with Crippen molar-refractivity contribution >= 4 is 39.7 Å². The standard InChI is InChI=1S/C32H30BrClN2O5/c1-3-38-29-18-25(12-15-28(29)40-20-22-8-6-5-7-9-22)32(37)36-35-19-24-16-27(34)31(30(17-24)39-4-2)41-21-23-10-13-26(33)14-11-23/h5-19H,3-4,20-21H2,1-2H3,(H,36,37)/b35-19+. The van der Waals surface area contributed by atoms with Gasteiger partial charge in [-0.25, -0.2) is 5.43 Å². The normalized spacial score (nSPS) is 10.8. The van der Waals surface area contributed by atoms with E-state index < -0.39 is 5.91 Å². The first-order valence-electron chi connectivity index (χ1n) is 13.1. The van der Waals surface area contributed by atoms with Gasteiger partial charge < -0.3 is 18.9 Å². The highest BCUT2D eigenvalue weighted by Gasteiger charge is 2.14. The van der Waals surface area contributed by atoms with Gasteiger partial charge in [-0.2, -0.15) is 5.10 Å². The number of carbonyl (C=O) groups excluding carboxylic acids is 1. The number of hydrazone groups is 1. The third-order valence-corrected chi connectivity index (χ3v) is 6.56. The molecule has 0 spiro atoms. The Morgan fingerprint density at radius 3 is 2.22 bits per heavy atom. The van der Waals surface area contributed by atoms with E-state index in [9.17, 15) is 4.79 Å². The van der Waals surface area contributed by atoms with Crippen molar-refractivity contribution in [1.82, 2.24) is 5.43 Å². The van der Waals surface area contributed by atoms with Crippen molar-refractivity contribution in [2.45, 2.75) is 27.1 Å². The summed E-state index contributed by atoms with van der Waals surface area (Å²) in [6, 6.07) is 26.1. The third kappa shape index (κ3) is 8.74. The molecule has 0 saturated carbocycles. The van der Waals surface area contributed by atoms with Crippen LogP contribution in [-0.4, -0.2) is 25.3 Å². The molecule has 7 nitrogen and oxygen atoms in total. The molecule has 0 atom stereocenters. The van der Waals surface area contributed by atoms with Crippen LogP contribution in [0.5, 0.6) is 23.0 Å². The summed E-state index contributed by atoms with van der Waals surface area (Å²) in [6.07, 6.45) is 1.49. The van der Waals surface area contributed by atoms with Crippen LogP contribution < -0.4 is 24.4 Å². The zero-order chi connectivity index (χ0) is 29.0. The maximum atomic E-state index is 12.8. The molecule has 0 aliphatic heterocycles. The lowest BCUT2D eigenvalue weighted by Gasteiger charge is -2.14. The van der Waals surface area contributed by atoms with Crippen LogP contribution in [-0.2, 0) is 13.2 Å². The van der Waals surface area contributed by atoms with Gasteiger partial charge >= 0.3 is 0 Å². The van der Waals surface area contributed by atoms with Crippen molar-refractivity contribution in [2.24, 2.45) is 5.10 Å². The number of nitrogens with zero attached hydrogens (tertiary/aromatic N) is 1. The number of carbonyl (C=O) groups is 1. The van der Waals surface area contributed by atoms with E-state index in [1.165, 1.54) is 6.21 Å². The van der Waals surface area contributed by atoms with Gasteiger partial charge in [0.05, 0.1) is 24.5 Å². The quantitative estimate of drug-likeness (QED) is 0.119. The van der Waals surface area contributed by atoms with Crippen LogP contribution in [0.15, 0.2) is 94.5 Å². The molecule has 0 aromatic heterocycles. The number of amides is 1. The van der Waals surface area contributed by atoms with E-state index >= 15 is 0 Å². The first kappa shape index (κ1) is 30.0. The van der Waals surface area contributed by atoms with Gasteiger partial charge in [-0.15, -0.1) is 0 Å². The number of hydrogen-bond donors (Lipinski definition) is 1. The molecule has 0 aliphatic carbocycles. The monoisotopic (exact) mass is 636 g/mol. The van der Waals surface area contributed by atoms with E-state index in [1.807, 2.05) is 68.4 Å². The highest BCUT2D eigenvalue weighted by molar-refractivity contribution is 9.10. The Morgan fingerprint density at radius 1 is 0.805 bits per heavy atom. The maximum absolute atomic E-state index is 12.8. The van der Waals surface area contributed by atoms with E-state index in [4.69, 9.17) is 30.5 Å². The molecule has 4 aromatic carbocycles. The number of ether oxygens (including phenoxy) is 4. The fourth-order valence-corrected chi connectivity index (χ4v) is 4.34. The Balaban J connectivity index is 1.42. The number of rotatable bonds is 13. The molecule has 0 fully saturated rings. The molecule has 0 saturated heterocycles. The molecule has 41 heavy (non-hydrogen) atoms. The molecule has 0 aliphatic rings. The van der Waals surface area contributed by atoms with Crippen molar-refractivity contribution in [2.75, 3.05) is 13.2 Å². The Hall–Kier alpha value is -4.01. The minimum absolute atomic E-state index is 0.330. The van der Waals surface area contributed by atoms with E-state index in [2.05, 4.69) is 26.5 Å². The summed E-state index contributed by atoms with van der Waals surface area (Å²) in [4.78, 5) is 12.8. The molecule has 4 rings (SSSR count). The summed E-state index contributed by atoms with van der Waals surface area (Å²) in [5.41, 5.74) is 5.58. The first-order valence-corrected chi connectivity index (χ1v) is 14.2. The fourth-order valence-electron chi connectivity index (χ4n) is 3.80. The van der Waals surface area contributed by atoms with Gasteiger partial charge in [-0.05, 0) is 73.0 Å². The number of hydrogen-bond acceptors (Lipinski definition) is 6. The summed E-state index contributed by atoms with van der Waals surface area (Å²) in [7, 11) is 0. The van der Waals surface area contributed by atoms with Crippen molar-refractivity contribution in [3.8, 4) is 23.0 Å². The molecule has 1 N–H and O–H groups in total. The second-order valence-electron chi connectivity index (χ2n) is 8.75. The SMILES string of the molecule is CCOc1cc(C(=O)N/N=C/c2cc(Cl)c(OCc3ccc(Br)cc3)c(OCC)c2)ccc1OCc1ccccc1. The average Bonchev–Trinajstić information content (AvgIpc) is 2.98. The lowest BCUT2D eigenvalue weighted by Crippen LogP contribution is -2.17. The highest BCUT2D eigenvalue weighted by atomic mass is 79.9. The minimum Gasteiger partial charge on any atom is -0.490 e. The van der Waals surface area contributed by atoms with Crippen molar-refractivity contribution in [1.29, 1.82) is 0 Å². The van der Waals surface area contributed by atoms with E-state index in [0.29, 0.717) is 65.6 Å². The van der Waals surface area contributed by atoms with Gasteiger partial charge in [-0.1, -0.05) is 70.0 Å². The molecule has 0 heterocycles. The number of benzene rings is 4. The van der Waals surface area contributed by atoms with Crippen LogP contribution in [0.4, 0.5) is 0 Å². The lowest BCUT2D eigenvalue weighted by atomic mass is 10.2. The summed E-state index contributed by atoms with van der Waals surface area (Å²) in [6.45, 7) is 5.32. The maximum Gasteiger partial charge on any atom is 0.271 e. The topological polar surface area (TPSA) is 78.4 Å². The third-order valence-electron chi connectivity index (χ3n) is 5.75. The number of halogens is 2. The average molecular weight is 638 g/mol. The molecule has 4 aromatic rings. The molecular formula is C32H30BrClN2O5. The smallest absolute Gasteiger partial charge is 0.271 e. The van der Waals surface area contributed by atoms with Crippen molar-refractivity contribution < 1.29 is 23.7 Å². The zero-order valence-electron chi connectivity index (χ0n) is 22.7. The molecule has 0 unspecified atom stereocenters. The van der Waals surface area contributed by atoms with Crippen LogP contribution in [0, 0.1) is 0 Å². The zero-order valence-corrected chi connectivity index (χ0v) is 25.1. The highest BCUT2D eigenvalue weighted by Crippen LogP contribution is 2.37. The first-order chi connectivity index (χ1) is 20.0. The predicted octanol–water partition coefficient (Wildman–Crippen LogP) is 7.82. The van der Waals surface area contributed by atoms with Crippen molar-refractivity contribution in [3.05, 3.63) is 117 Å². The number of nitrogens with one attached hydrogen (secondary N) is 1. The van der Waals surface area contributed by atoms with Crippen LogP contribution in [0.1, 0.15) is 40.9 Å². The van der Waals surface area contributed by atoms with Gasteiger partial charge in [0.2, 0.25) is 0 Å². The Labute approximate surface area is 253 Å². The van der Waals surface area contributed by atoms with Crippen LogP contribution in [0.25, 0.3) is 0 Å². The summed E-state index contributed by atoms with van der Waals surface area (Å²) < 4.78 is 24.4. The molecule has 0 bridgehead atoms. The van der Waals surface area contributed by atoms with Gasteiger partial charge in [-0.3, -0.25) is 4.79 Å². The molecular weight excluding hydrogens is 608 g/mol.